The number of ether oxygens (including phenoxy) is 2. The summed E-state index contributed by atoms with van der Waals surface area (Å²) in [6, 6.07) is 0.0773. The van der Waals surface area contributed by atoms with Crippen LogP contribution >= 0.6 is 0 Å². The van der Waals surface area contributed by atoms with Gasteiger partial charge in [0.15, 0.2) is 0 Å². The van der Waals surface area contributed by atoms with Gasteiger partial charge in [-0.15, -0.1) is 0 Å². The fourth-order valence-electron chi connectivity index (χ4n) is 2.72. The quantitative estimate of drug-likeness (QED) is 0.812. The third-order valence-electron chi connectivity index (χ3n) is 3.58. The third-order valence-corrected chi connectivity index (χ3v) is 3.58. The van der Waals surface area contributed by atoms with E-state index < -0.39 is 0 Å². The molecular weight excluding hydrogens is 232 g/mol. The SMILES string of the molecule is C[C@@H]1CN(C(=O)N[C@H](C)[C@@H]2CCCO2)C[C@@H](C)O1. The number of nitrogens with one attached hydrogen (secondary N) is 1. The van der Waals surface area contributed by atoms with Crippen LogP contribution in [0.3, 0.4) is 0 Å². The van der Waals surface area contributed by atoms with Crippen LogP contribution in [0.5, 0.6) is 0 Å². The molecule has 2 aliphatic rings. The van der Waals surface area contributed by atoms with E-state index in [2.05, 4.69) is 5.32 Å². The molecule has 0 saturated carbocycles. The van der Waals surface area contributed by atoms with Crippen LogP contribution in [-0.4, -0.2) is 55.0 Å². The Hall–Kier alpha value is -0.810. The normalized spacial score (nSPS) is 34.4. The van der Waals surface area contributed by atoms with E-state index in [-0.39, 0.29) is 30.4 Å². The van der Waals surface area contributed by atoms with Gasteiger partial charge < -0.3 is 19.7 Å². The number of carbonyl (C=O) groups is 1. The average Bonchev–Trinajstić information content (AvgIpc) is 2.80. The lowest BCUT2D eigenvalue weighted by atomic mass is 10.1. The summed E-state index contributed by atoms with van der Waals surface area (Å²) in [4.78, 5) is 14.0. The first-order valence-electron chi connectivity index (χ1n) is 6.88. The van der Waals surface area contributed by atoms with E-state index >= 15 is 0 Å². The van der Waals surface area contributed by atoms with Crippen LogP contribution in [0.4, 0.5) is 4.79 Å². The van der Waals surface area contributed by atoms with Gasteiger partial charge in [0.2, 0.25) is 0 Å². The first-order valence-corrected chi connectivity index (χ1v) is 6.88. The Labute approximate surface area is 109 Å². The van der Waals surface area contributed by atoms with E-state index in [4.69, 9.17) is 9.47 Å². The molecule has 2 saturated heterocycles. The molecule has 2 amide bonds. The van der Waals surface area contributed by atoms with Gasteiger partial charge in [-0.05, 0) is 33.6 Å². The molecule has 18 heavy (non-hydrogen) atoms. The fourth-order valence-corrected chi connectivity index (χ4v) is 2.72. The van der Waals surface area contributed by atoms with Crippen LogP contribution in [0, 0.1) is 0 Å². The van der Waals surface area contributed by atoms with Gasteiger partial charge in [0, 0.05) is 19.7 Å². The second-order valence-corrected chi connectivity index (χ2v) is 5.45. The summed E-state index contributed by atoms with van der Waals surface area (Å²) >= 11 is 0. The topological polar surface area (TPSA) is 50.8 Å². The van der Waals surface area contributed by atoms with Crippen LogP contribution in [0.25, 0.3) is 0 Å². The number of carbonyl (C=O) groups excluding carboxylic acids is 1. The first-order chi connectivity index (χ1) is 8.56. The Bertz CT molecular complexity index is 282. The maximum absolute atomic E-state index is 12.2. The number of urea groups is 1. The minimum atomic E-state index is 0. The molecule has 0 aromatic carbocycles. The Morgan fingerprint density at radius 1 is 1.33 bits per heavy atom. The van der Waals surface area contributed by atoms with E-state index in [1.54, 1.807) is 0 Å². The zero-order valence-electron chi connectivity index (χ0n) is 11.5. The summed E-state index contributed by atoms with van der Waals surface area (Å²) < 4.78 is 11.2. The number of morpholine rings is 1. The molecule has 0 spiro atoms. The number of hydrogen-bond acceptors (Lipinski definition) is 3. The molecule has 0 bridgehead atoms. The van der Waals surface area contributed by atoms with Gasteiger partial charge in [-0.3, -0.25) is 0 Å². The van der Waals surface area contributed by atoms with Gasteiger partial charge in [0.25, 0.3) is 0 Å². The van der Waals surface area contributed by atoms with Crippen molar-refractivity contribution in [2.45, 2.75) is 58.0 Å². The number of rotatable bonds is 2. The lowest BCUT2D eigenvalue weighted by Gasteiger charge is -2.36. The van der Waals surface area contributed by atoms with Crippen LogP contribution in [0.15, 0.2) is 0 Å². The van der Waals surface area contributed by atoms with Crippen molar-refractivity contribution in [2.75, 3.05) is 19.7 Å². The van der Waals surface area contributed by atoms with E-state index in [0.29, 0.717) is 13.1 Å². The van der Waals surface area contributed by atoms with E-state index in [1.807, 2.05) is 25.7 Å². The van der Waals surface area contributed by atoms with Gasteiger partial charge >= 0.3 is 6.03 Å². The smallest absolute Gasteiger partial charge is 0.317 e. The van der Waals surface area contributed by atoms with Crippen molar-refractivity contribution in [3.63, 3.8) is 0 Å². The molecule has 5 nitrogen and oxygen atoms in total. The summed E-state index contributed by atoms with van der Waals surface area (Å²) in [6.07, 6.45) is 2.52. The van der Waals surface area contributed by atoms with Crippen molar-refractivity contribution in [3.05, 3.63) is 0 Å². The lowest BCUT2D eigenvalue weighted by molar-refractivity contribution is -0.0551. The number of nitrogens with zero attached hydrogens (tertiary/aromatic N) is 1. The largest absolute Gasteiger partial charge is 0.376 e. The second kappa shape index (κ2) is 5.89. The Morgan fingerprint density at radius 3 is 2.56 bits per heavy atom. The molecule has 0 aliphatic carbocycles. The zero-order chi connectivity index (χ0) is 13.1. The molecule has 1 N–H and O–H groups in total. The highest BCUT2D eigenvalue weighted by molar-refractivity contribution is 5.74. The molecule has 5 heteroatoms. The van der Waals surface area contributed by atoms with Crippen molar-refractivity contribution in [3.8, 4) is 0 Å². The molecule has 2 aliphatic heterocycles. The van der Waals surface area contributed by atoms with Gasteiger partial charge in [-0.1, -0.05) is 0 Å². The second-order valence-electron chi connectivity index (χ2n) is 5.45. The monoisotopic (exact) mass is 256 g/mol. The molecule has 2 fully saturated rings. The van der Waals surface area contributed by atoms with Gasteiger partial charge in [0.05, 0.1) is 24.4 Å². The van der Waals surface area contributed by atoms with Crippen molar-refractivity contribution < 1.29 is 14.3 Å². The number of amides is 2. The molecule has 4 atom stereocenters. The van der Waals surface area contributed by atoms with E-state index in [0.717, 1.165) is 19.4 Å². The molecule has 0 radical (unpaired) electrons. The first kappa shape index (κ1) is 13.6. The van der Waals surface area contributed by atoms with Crippen LogP contribution in [-0.2, 0) is 9.47 Å². The van der Waals surface area contributed by atoms with Crippen molar-refractivity contribution in [2.24, 2.45) is 0 Å². The van der Waals surface area contributed by atoms with Crippen molar-refractivity contribution >= 4 is 6.03 Å². The summed E-state index contributed by atoms with van der Waals surface area (Å²) in [5, 5.41) is 3.04. The molecule has 104 valence electrons. The highest BCUT2D eigenvalue weighted by Crippen LogP contribution is 2.16. The minimum Gasteiger partial charge on any atom is -0.376 e. The maximum atomic E-state index is 12.2. The summed E-state index contributed by atoms with van der Waals surface area (Å²) in [6.45, 7) is 8.15. The number of hydrogen-bond donors (Lipinski definition) is 1. The van der Waals surface area contributed by atoms with Gasteiger partial charge in [-0.2, -0.15) is 0 Å². The Balaban J connectivity index is 1.83. The standard InChI is InChI=1S/C13H24N2O3/c1-9-7-15(8-10(2)18-9)13(16)14-11(3)12-5-4-6-17-12/h9-12H,4-8H2,1-3H3,(H,14,16)/t9-,10-,11-,12+/m1/s1. The predicted molar refractivity (Wildman–Crippen MR) is 68.5 cm³/mol. The van der Waals surface area contributed by atoms with Crippen LogP contribution in [0.2, 0.25) is 0 Å². The maximum Gasteiger partial charge on any atom is 0.317 e. The molecule has 0 unspecified atom stereocenters. The van der Waals surface area contributed by atoms with Gasteiger partial charge in [-0.25, -0.2) is 4.79 Å². The zero-order valence-corrected chi connectivity index (χ0v) is 11.5. The van der Waals surface area contributed by atoms with Crippen LogP contribution in [0.1, 0.15) is 33.6 Å². The third kappa shape index (κ3) is 3.36. The molecular formula is C13H24N2O3. The molecule has 0 aromatic heterocycles. The molecule has 2 heterocycles. The highest BCUT2D eigenvalue weighted by atomic mass is 16.5. The summed E-state index contributed by atoms with van der Waals surface area (Å²) in [5.74, 6) is 0. The molecule has 0 aromatic rings. The minimum absolute atomic E-state index is 0. The average molecular weight is 256 g/mol. The van der Waals surface area contributed by atoms with Crippen molar-refractivity contribution in [1.82, 2.24) is 10.2 Å². The highest BCUT2D eigenvalue weighted by Gasteiger charge is 2.29. The summed E-state index contributed by atoms with van der Waals surface area (Å²) in [5.41, 5.74) is 0. The van der Waals surface area contributed by atoms with Crippen LogP contribution < -0.4 is 5.32 Å². The summed E-state index contributed by atoms with van der Waals surface area (Å²) in [7, 11) is 0. The van der Waals surface area contributed by atoms with Crippen molar-refractivity contribution in [1.29, 1.82) is 0 Å². The van der Waals surface area contributed by atoms with E-state index in [9.17, 15) is 4.79 Å². The fraction of sp³-hybridized carbons (Fsp3) is 0.923. The lowest BCUT2D eigenvalue weighted by Crippen LogP contribution is -2.54. The van der Waals surface area contributed by atoms with E-state index in [1.165, 1.54) is 0 Å². The van der Waals surface area contributed by atoms with Gasteiger partial charge in [0.1, 0.15) is 0 Å². The Morgan fingerprint density at radius 2 is 2.00 bits per heavy atom. The predicted octanol–water partition coefficient (Wildman–Crippen LogP) is 1.37. The molecule has 2 rings (SSSR count). The Kier molecular flexibility index (Phi) is 4.45.